The Morgan fingerprint density at radius 3 is 3.00 bits per heavy atom. The summed E-state index contributed by atoms with van der Waals surface area (Å²) in [7, 11) is 0. The van der Waals surface area contributed by atoms with Crippen LogP contribution in [0.2, 0.25) is 5.15 Å². The number of piperidine rings is 1. The van der Waals surface area contributed by atoms with Crippen LogP contribution >= 0.6 is 11.6 Å². The minimum Gasteiger partial charge on any atom is -0.461 e. The molecular weight excluding hydrogens is 438 g/mol. The second-order valence-electron chi connectivity index (χ2n) is 9.14. The molecule has 7 nitrogen and oxygen atoms in total. The summed E-state index contributed by atoms with van der Waals surface area (Å²) in [5.41, 5.74) is -0.294. The molecule has 0 spiro atoms. The molecule has 0 bridgehead atoms. The van der Waals surface area contributed by atoms with Crippen LogP contribution in [0.3, 0.4) is 0 Å². The van der Waals surface area contributed by atoms with Gasteiger partial charge >= 0.3 is 6.01 Å². The fraction of sp³-hybridized carbons (Fsp3) is 0.636. The van der Waals surface area contributed by atoms with Gasteiger partial charge < -0.3 is 9.64 Å². The molecule has 3 saturated heterocycles. The highest BCUT2D eigenvalue weighted by Gasteiger charge is 2.49. The Kier molecular flexibility index (Phi) is 5.76. The Balaban J connectivity index is 1.48. The number of ether oxygens (including phenoxy) is 1. The van der Waals surface area contributed by atoms with Crippen LogP contribution in [-0.2, 0) is 0 Å². The van der Waals surface area contributed by atoms with Crippen molar-refractivity contribution in [2.24, 2.45) is 5.92 Å². The largest absolute Gasteiger partial charge is 0.461 e. The van der Waals surface area contributed by atoms with Crippen molar-refractivity contribution in [1.82, 2.24) is 19.9 Å². The number of hydrogen-bond donors (Lipinski definition) is 0. The summed E-state index contributed by atoms with van der Waals surface area (Å²) in [5, 5.41) is 9.31. The van der Waals surface area contributed by atoms with Gasteiger partial charge in [-0.2, -0.15) is 15.2 Å². The van der Waals surface area contributed by atoms with E-state index in [1.165, 1.54) is 6.20 Å². The third-order valence-electron chi connectivity index (χ3n) is 7.03. The van der Waals surface area contributed by atoms with E-state index in [0.29, 0.717) is 37.1 Å². The molecule has 3 atom stereocenters. The SMILES string of the molecule is N#CCC1CCCN(c2nc(OC[C@@]34CCCN3C[C@H](F)C4)nc3c(F)c(Cl)ncc23)C1. The molecule has 5 heterocycles. The van der Waals surface area contributed by atoms with Crippen LogP contribution in [0.4, 0.5) is 14.6 Å². The van der Waals surface area contributed by atoms with Crippen molar-refractivity contribution in [3.05, 3.63) is 17.2 Å². The Labute approximate surface area is 190 Å². The van der Waals surface area contributed by atoms with Crippen LogP contribution in [-0.4, -0.2) is 64.3 Å². The zero-order valence-electron chi connectivity index (χ0n) is 17.7. The second kappa shape index (κ2) is 8.56. The van der Waals surface area contributed by atoms with E-state index in [4.69, 9.17) is 21.6 Å². The molecule has 2 aromatic rings. The maximum Gasteiger partial charge on any atom is 0.319 e. The predicted octanol–water partition coefficient (Wildman–Crippen LogP) is 3.90. The summed E-state index contributed by atoms with van der Waals surface area (Å²) in [6.07, 6.45) is 5.26. The summed E-state index contributed by atoms with van der Waals surface area (Å²) in [6.45, 7) is 2.92. The maximum atomic E-state index is 14.9. The predicted molar refractivity (Wildman–Crippen MR) is 116 cm³/mol. The number of halogens is 3. The summed E-state index contributed by atoms with van der Waals surface area (Å²) in [5.74, 6) is 0.0408. The van der Waals surface area contributed by atoms with Crippen LogP contribution in [0.5, 0.6) is 6.01 Å². The average molecular weight is 463 g/mol. The van der Waals surface area contributed by atoms with Gasteiger partial charge in [0, 0.05) is 38.7 Å². The van der Waals surface area contributed by atoms with Crippen LogP contribution in [0, 0.1) is 23.1 Å². The maximum absolute atomic E-state index is 14.9. The average Bonchev–Trinajstić information content (AvgIpc) is 3.31. The highest BCUT2D eigenvalue weighted by Crippen LogP contribution is 2.40. The molecule has 3 aliphatic heterocycles. The van der Waals surface area contributed by atoms with E-state index in [-0.39, 0.29) is 34.7 Å². The number of rotatable bonds is 5. The van der Waals surface area contributed by atoms with Crippen molar-refractivity contribution < 1.29 is 13.5 Å². The Bertz CT molecular complexity index is 1060. The van der Waals surface area contributed by atoms with E-state index in [1.807, 2.05) is 4.90 Å². The molecular formula is C22H25ClF2N6O. The van der Waals surface area contributed by atoms with Gasteiger partial charge in [-0.3, -0.25) is 4.90 Å². The molecule has 5 rings (SSSR count). The summed E-state index contributed by atoms with van der Waals surface area (Å²) in [4.78, 5) is 17.1. The zero-order chi connectivity index (χ0) is 22.3. The van der Waals surface area contributed by atoms with Crippen LogP contribution in [0.1, 0.15) is 38.5 Å². The van der Waals surface area contributed by atoms with E-state index >= 15 is 0 Å². The number of pyridine rings is 1. The number of fused-ring (bicyclic) bond motifs is 2. The lowest BCUT2D eigenvalue weighted by Crippen LogP contribution is -2.43. The van der Waals surface area contributed by atoms with Gasteiger partial charge in [-0.25, -0.2) is 13.8 Å². The fourth-order valence-electron chi connectivity index (χ4n) is 5.51. The molecule has 0 amide bonds. The van der Waals surface area contributed by atoms with Crippen molar-refractivity contribution in [1.29, 1.82) is 5.26 Å². The van der Waals surface area contributed by atoms with Gasteiger partial charge in [0.25, 0.3) is 0 Å². The lowest BCUT2D eigenvalue weighted by atomic mass is 9.95. The number of nitriles is 1. The van der Waals surface area contributed by atoms with Gasteiger partial charge in [-0.1, -0.05) is 11.6 Å². The molecule has 0 aliphatic carbocycles. The molecule has 2 aromatic heterocycles. The lowest BCUT2D eigenvalue weighted by molar-refractivity contribution is 0.107. The van der Waals surface area contributed by atoms with E-state index in [9.17, 15) is 8.78 Å². The van der Waals surface area contributed by atoms with Crippen molar-refractivity contribution >= 4 is 28.3 Å². The minimum atomic E-state index is -0.861. The summed E-state index contributed by atoms with van der Waals surface area (Å²) < 4.78 is 35.0. The normalized spacial score (nSPS) is 28.1. The molecule has 3 fully saturated rings. The summed E-state index contributed by atoms with van der Waals surface area (Å²) >= 11 is 5.93. The molecule has 170 valence electrons. The fourth-order valence-corrected chi connectivity index (χ4v) is 5.64. The number of aromatic nitrogens is 3. The standard InChI is InChI=1S/C22H25ClF2N6O/c23-19-17(25)18-16(10-27-19)20(30-7-1-3-14(11-30)4-6-26)29-21(28-18)32-13-22-5-2-8-31(22)12-15(24)9-22/h10,14-15H,1-5,7-9,11-13H2/t14?,15-,22+/m1/s1. The van der Waals surface area contributed by atoms with E-state index in [0.717, 1.165) is 38.8 Å². The van der Waals surface area contributed by atoms with E-state index < -0.39 is 12.0 Å². The first-order valence-corrected chi connectivity index (χ1v) is 11.5. The van der Waals surface area contributed by atoms with Gasteiger partial charge in [-0.05, 0) is 38.1 Å². The van der Waals surface area contributed by atoms with Crippen molar-refractivity contribution in [2.75, 3.05) is 37.7 Å². The van der Waals surface area contributed by atoms with Crippen LogP contribution in [0.15, 0.2) is 6.20 Å². The van der Waals surface area contributed by atoms with Crippen LogP contribution in [0.25, 0.3) is 10.9 Å². The molecule has 1 unspecified atom stereocenters. The Morgan fingerprint density at radius 2 is 2.16 bits per heavy atom. The van der Waals surface area contributed by atoms with Crippen molar-refractivity contribution in [3.63, 3.8) is 0 Å². The highest BCUT2D eigenvalue weighted by atomic mass is 35.5. The van der Waals surface area contributed by atoms with E-state index in [2.05, 4.69) is 25.9 Å². The molecule has 0 aromatic carbocycles. The highest BCUT2D eigenvalue weighted by molar-refractivity contribution is 6.30. The summed E-state index contributed by atoms with van der Waals surface area (Å²) in [6, 6.07) is 2.30. The van der Waals surface area contributed by atoms with Crippen molar-refractivity contribution in [3.8, 4) is 12.1 Å². The lowest BCUT2D eigenvalue weighted by Gasteiger charge is -2.33. The quantitative estimate of drug-likeness (QED) is 0.623. The first-order chi connectivity index (χ1) is 15.5. The molecule has 10 heteroatoms. The topological polar surface area (TPSA) is 78.2 Å². The number of anilines is 1. The molecule has 32 heavy (non-hydrogen) atoms. The van der Waals surface area contributed by atoms with Gasteiger partial charge in [0.15, 0.2) is 11.0 Å². The monoisotopic (exact) mass is 462 g/mol. The first-order valence-electron chi connectivity index (χ1n) is 11.1. The third kappa shape index (κ3) is 3.84. The second-order valence-corrected chi connectivity index (χ2v) is 9.49. The first kappa shape index (κ1) is 21.5. The zero-order valence-corrected chi connectivity index (χ0v) is 18.5. The molecule has 0 radical (unpaired) electrons. The van der Waals surface area contributed by atoms with Gasteiger partial charge in [-0.15, -0.1) is 0 Å². The molecule has 3 aliphatic rings. The minimum absolute atomic E-state index is 0.0552. The van der Waals surface area contributed by atoms with Gasteiger partial charge in [0.2, 0.25) is 0 Å². The molecule has 0 N–H and O–H groups in total. The number of nitrogens with zero attached hydrogens (tertiary/aromatic N) is 6. The molecule has 0 saturated carbocycles. The van der Waals surface area contributed by atoms with Gasteiger partial charge in [0.1, 0.15) is 24.1 Å². The number of alkyl halides is 1. The van der Waals surface area contributed by atoms with Gasteiger partial charge in [0.05, 0.1) is 17.0 Å². The third-order valence-corrected chi connectivity index (χ3v) is 7.29. The van der Waals surface area contributed by atoms with Crippen LogP contribution < -0.4 is 9.64 Å². The van der Waals surface area contributed by atoms with E-state index in [1.54, 1.807) is 0 Å². The number of hydrogen-bond acceptors (Lipinski definition) is 7. The Morgan fingerprint density at radius 1 is 1.28 bits per heavy atom. The van der Waals surface area contributed by atoms with Crippen molar-refractivity contribution in [2.45, 2.75) is 50.2 Å². The smallest absolute Gasteiger partial charge is 0.319 e. The Hall–Kier alpha value is -2.31.